The van der Waals surface area contributed by atoms with E-state index in [4.69, 9.17) is 4.74 Å². The maximum Gasteiger partial charge on any atom is 0.262 e. The van der Waals surface area contributed by atoms with Crippen LogP contribution < -0.4 is 0 Å². The van der Waals surface area contributed by atoms with Gasteiger partial charge in [0.15, 0.2) is 5.03 Å². The van der Waals surface area contributed by atoms with Crippen LogP contribution in [0, 0.1) is 5.92 Å². The second-order valence-corrected chi connectivity index (χ2v) is 11.0. The molecule has 1 unspecified atom stereocenters. The van der Waals surface area contributed by atoms with E-state index in [0.717, 1.165) is 51.6 Å². The van der Waals surface area contributed by atoms with Gasteiger partial charge in [0.1, 0.15) is 0 Å². The maximum absolute atomic E-state index is 13.1. The molecule has 158 valence electrons. The van der Waals surface area contributed by atoms with E-state index in [1.54, 1.807) is 28.4 Å². The number of hydrogen-bond acceptors (Lipinski definition) is 5. The van der Waals surface area contributed by atoms with E-state index in [0.29, 0.717) is 12.0 Å². The standard InChI is InChI=1S/C20H34N4O3S/c1-15(2)12-23-8-6-18(7-9-23)27-19-10-16-4-5-17(11-19)24(16)28(25,26)20-13-22(3)14-21-20/h13-19H,4-12H2,1-3H3/t16-,17+,19?. The number of hydrogen-bond donors (Lipinski definition) is 0. The Morgan fingerprint density at radius 2 is 1.75 bits per heavy atom. The first-order valence-electron chi connectivity index (χ1n) is 10.7. The third-order valence-electron chi connectivity index (χ3n) is 6.39. The van der Waals surface area contributed by atoms with E-state index in [9.17, 15) is 8.42 Å². The summed E-state index contributed by atoms with van der Waals surface area (Å²) in [6, 6.07) is 0.105. The molecule has 3 atom stereocenters. The van der Waals surface area contributed by atoms with Crippen molar-refractivity contribution in [2.45, 2.75) is 81.7 Å². The minimum atomic E-state index is -3.51. The molecular weight excluding hydrogens is 376 g/mol. The van der Waals surface area contributed by atoms with Gasteiger partial charge in [0, 0.05) is 45.0 Å². The van der Waals surface area contributed by atoms with Gasteiger partial charge in [0.2, 0.25) is 0 Å². The van der Waals surface area contributed by atoms with Crippen LogP contribution in [0.1, 0.15) is 52.4 Å². The van der Waals surface area contributed by atoms with Gasteiger partial charge in [-0.25, -0.2) is 13.4 Å². The van der Waals surface area contributed by atoms with Crippen molar-refractivity contribution in [1.29, 1.82) is 0 Å². The Kier molecular flexibility index (Phi) is 5.84. The van der Waals surface area contributed by atoms with Gasteiger partial charge in [0.05, 0.1) is 18.5 Å². The molecule has 3 fully saturated rings. The van der Waals surface area contributed by atoms with Gasteiger partial charge in [-0.15, -0.1) is 0 Å². The molecule has 8 heteroatoms. The normalized spacial score (nSPS) is 30.4. The molecule has 0 amide bonds. The second kappa shape index (κ2) is 8.05. The first kappa shape index (κ1) is 20.3. The minimum absolute atomic E-state index is 0.0526. The Balaban J connectivity index is 1.34. The molecule has 4 rings (SSSR count). The fourth-order valence-electron chi connectivity index (χ4n) is 5.23. The highest BCUT2D eigenvalue weighted by molar-refractivity contribution is 7.89. The van der Waals surface area contributed by atoms with Crippen LogP contribution in [0.2, 0.25) is 0 Å². The number of aromatic nitrogens is 2. The van der Waals surface area contributed by atoms with Gasteiger partial charge in [0.25, 0.3) is 10.0 Å². The smallest absolute Gasteiger partial charge is 0.262 e. The highest BCUT2D eigenvalue weighted by Crippen LogP contribution is 2.41. The number of aryl methyl sites for hydroxylation is 1. The zero-order valence-electron chi connectivity index (χ0n) is 17.3. The Morgan fingerprint density at radius 1 is 1.11 bits per heavy atom. The molecule has 3 aliphatic heterocycles. The summed E-state index contributed by atoms with van der Waals surface area (Å²) in [5.41, 5.74) is 0. The zero-order chi connectivity index (χ0) is 19.9. The summed E-state index contributed by atoms with van der Waals surface area (Å²) in [7, 11) is -1.71. The van der Waals surface area contributed by atoms with Crippen LogP contribution >= 0.6 is 0 Å². The monoisotopic (exact) mass is 410 g/mol. The number of imidazole rings is 1. The number of rotatable bonds is 6. The van der Waals surface area contributed by atoms with Crippen LogP contribution in [0.5, 0.6) is 0 Å². The van der Waals surface area contributed by atoms with Crippen molar-refractivity contribution in [3.05, 3.63) is 12.5 Å². The molecule has 4 heterocycles. The SMILES string of the molecule is CC(C)CN1CCC(OC2C[C@H]3CC[C@@H](C2)N3S(=O)(=O)c2cn(C)cn2)CC1. The summed E-state index contributed by atoms with van der Waals surface area (Å²) in [5, 5.41) is 0.170. The topological polar surface area (TPSA) is 67.7 Å². The number of nitrogens with zero attached hydrogens (tertiary/aromatic N) is 4. The Labute approximate surface area is 169 Å². The highest BCUT2D eigenvalue weighted by Gasteiger charge is 2.48. The Bertz CT molecular complexity index is 756. The van der Waals surface area contributed by atoms with Crippen molar-refractivity contribution in [2.24, 2.45) is 13.0 Å². The summed E-state index contributed by atoms with van der Waals surface area (Å²) in [6.45, 7) is 7.93. The van der Waals surface area contributed by atoms with Gasteiger partial charge < -0.3 is 14.2 Å². The van der Waals surface area contributed by atoms with Crippen LogP contribution in [0.25, 0.3) is 0 Å². The van der Waals surface area contributed by atoms with E-state index < -0.39 is 10.0 Å². The molecule has 1 aromatic heterocycles. The first-order valence-corrected chi connectivity index (χ1v) is 12.2. The summed E-state index contributed by atoms with van der Waals surface area (Å²) in [6.07, 6.45) is 9.35. The van der Waals surface area contributed by atoms with E-state index in [-0.39, 0.29) is 23.2 Å². The molecular formula is C20H34N4O3S. The van der Waals surface area contributed by atoms with Crippen LogP contribution in [0.3, 0.4) is 0 Å². The fraction of sp³-hybridized carbons (Fsp3) is 0.850. The summed E-state index contributed by atoms with van der Waals surface area (Å²) in [5.74, 6) is 0.707. The molecule has 3 aliphatic rings. The Hall–Kier alpha value is -0.960. The summed E-state index contributed by atoms with van der Waals surface area (Å²) < 4.78 is 36.1. The van der Waals surface area contributed by atoms with Gasteiger partial charge >= 0.3 is 0 Å². The molecule has 0 spiro atoms. The minimum Gasteiger partial charge on any atom is -0.375 e. The average Bonchev–Trinajstić information content (AvgIpc) is 3.19. The molecule has 0 radical (unpaired) electrons. The lowest BCUT2D eigenvalue weighted by molar-refractivity contribution is -0.0697. The van der Waals surface area contributed by atoms with E-state index in [2.05, 4.69) is 23.7 Å². The zero-order valence-corrected chi connectivity index (χ0v) is 18.1. The maximum atomic E-state index is 13.1. The van der Waals surface area contributed by atoms with Crippen molar-refractivity contribution < 1.29 is 13.2 Å². The van der Waals surface area contributed by atoms with E-state index in [1.165, 1.54) is 6.54 Å². The molecule has 0 saturated carbocycles. The van der Waals surface area contributed by atoms with Gasteiger partial charge in [-0.1, -0.05) is 13.8 Å². The number of piperidine rings is 2. The lowest BCUT2D eigenvalue weighted by atomic mass is 10.0. The molecule has 0 N–H and O–H groups in total. The fourth-order valence-corrected chi connectivity index (χ4v) is 7.10. The molecule has 0 aliphatic carbocycles. The summed E-state index contributed by atoms with van der Waals surface area (Å²) >= 11 is 0. The molecule has 3 saturated heterocycles. The third-order valence-corrected chi connectivity index (χ3v) is 8.28. The molecule has 1 aromatic rings. The Morgan fingerprint density at radius 3 is 2.29 bits per heavy atom. The van der Waals surface area contributed by atoms with Crippen molar-refractivity contribution in [1.82, 2.24) is 18.8 Å². The highest BCUT2D eigenvalue weighted by atomic mass is 32.2. The van der Waals surface area contributed by atoms with Crippen molar-refractivity contribution in [3.63, 3.8) is 0 Å². The lowest BCUT2D eigenvalue weighted by Gasteiger charge is -2.40. The third kappa shape index (κ3) is 4.15. The number of sulfonamides is 1. The van der Waals surface area contributed by atoms with E-state index >= 15 is 0 Å². The van der Waals surface area contributed by atoms with Crippen LogP contribution in [-0.2, 0) is 21.8 Å². The number of fused-ring (bicyclic) bond motifs is 2. The van der Waals surface area contributed by atoms with Crippen molar-refractivity contribution >= 4 is 10.0 Å². The van der Waals surface area contributed by atoms with E-state index in [1.807, 2.05) is 0 Å². The predicted molar refractivity (Wildman–Crippen MR) is 107 cm³/mol. The first-order chi connectivity index (χ1) is 13.3. The van der Waals surface area contributed by atoms with Crippen molar-refractivity contribution in [2.75, 3.05) is 19.6 Å². The van der Waals surface area contributed by atoms with Crippen LogP contribution in [-0.4, -0.2) is 71.1 Å². The number of likely N-dealkylation sites (tertiary alicyclic amines) is 1. The number of ether oxygens (including phenoxy) is 1. The van der Waals surface area contributed by atoms with Crippen molar-refractivity contribution in [3.8, 4) is 0 Å². The predicted octanol–water partition coefficient (Wildman–Crippen LogP) is 2.24. The molecule has 2 bridgehead atoms. The van der Waals surface area contributed by atoms with Crippen LogP contribution in [0.15, 0.2) is 17.6 Å². The molecule has 0 aromatic carbocycles. The summed E-state index contributed by atoms with van der Waals surface area (Å²) in [4.78, 5) is 6.63. The van der Waals surface area contributed by atoms with Gasteiger partial charge in [-0.2, -0.15) is 4.31 Å². The molecule has 28 heavy (non-hydrogen) atoms. The molecule has 7 nitrogen and oxygen atoms in total. The average molecular weight is 411 g/mol. The quantitative estimate of drug-likeness (QED) is 0.719. The van der Waals surface area contributed by atoms with Crippen LogP contribution in [0.4, 0.5) is 0 Å². The van der Waals surface area contributed by atoms with Gasteiger partial charge in [-0.3, -0.25) is 0 Å². The second-order valence-electron chi connectivity index (χ2n) is 9.22. The van der Waals surface area contributed by atoms with Gasteiger partial charge in [-0.05, 0) is 44.4 Å². The lowest BCUT2D eigenvalue weighted by Crippen LogP contribution is -2.49. The largest absolute Gasteiger partial charge is 0.375 e.